The average molecular weight is 357 g/mol. The van der Waals surface area contributed by atoms with Gasteiger partial charge in [0.25, 0.3) is 5.91 Å². The van der Waals surface area contributed by atoms with Crippen LogP contribution in [0.5, 0.6) is 0 Å². The molecule has 0 saturated heterocycles. The summed E-state index contributed by atoms with van der Waals surface area (Å²) in [7, 11) is 0. The lowest BCUT2D eigenvalue weighted by molar-refractivity contribution is -0.137. The lowest BCUT2D eigenvalue weighted by atomic mass is 10.1. The van der Waals surface area contributed by atoms with Gasteiger partial charge in [-0.3, -0.25) is 4.79 Å². The van der Waals surface area contributed by atoms with Crippen LogP contribution in [0.15, 0.2) is 72.9 Å². The molecule has 0 saturated carbocycles. The van der Waals surface area contributed by atoms with Crippen LogP contribution < -0.4 is 10.6 Å². The van der Waals surface area contributed by atoms with E-state index in [1.807, 2.05) is 30.3 Å². The van der Waals surface area contributed by atoms with Gasteiger partial charge < -0.3 is 10.6 Å². The predicted molar refractivity (Wildman–Crippen MR) is 93.4 cm³/mol. The van der Waals surface area contributed by atoms with Crippen molar-refractivity contribution in [3.63, 3.8) is 0 Å². The number of carbonyl (C=O) groups is 1. The van der Waals surface area contributed by atoms with E-state index in [9.17, 15) is 18.0 Å². The fourth-order valence-electron chi connectivity index (χ4n) is 2.22. The molecular weight excluding hydrogens is 343 g/mol. The van der Waals surface area contributed by atoms with Crippen molar-refractivity contribution in [2.45, 2.75) is 6.18 Å². The molecule has 0 spiro atoms. The van der Waals surface area contributed by atoms with Crippen molar-refractivity contribution in [2.24, 2.45) is 0 Å². The third-order valence-electron chi connectivity index (χ3n) is 3.54. The molecule has 4 nitrogen and oxygen atoms in total. The summed E-state index contributed by atoms with van der Waals surface area (Å²) in [4.78, 5) is 16.3. The third kappa shape index (κ3) is 4.38. The van der Waals surface area contributed by atoms with Gasteiger partial charge in [-0.1, -0.05) is 18.2 Å². The van der Waals surface area contributed by atoms with Crippen LogP contribution in [0.2, 0.25) is 0 Å². The number of anilines is 3. The number of halogens is 3. The Labute approximate surface area is 147 Å². The van der Waals surface area contributed by atoms with E-state index >= 15 is 0 Å². The van der Waals surface area contributed by atoms with Gasteiger partial charge in [0, 0.05) is 11.3 Å². The van der Waals surface area contributed by atoms with E-state index in [4.69, 9.17) is 0 Å². The summed E-state index contributed by atoms with van der Waals surface area (Å²) in [5.74, 6) is 0.0908. The van der Waals surface area contributed by atoms with E-state index < -0.39 is 17.6 Å². The first-order valence-corrected chi connectivity index (χ1v) is 7.68. The first-order chi connectivity index (χ1) is 12.4. The Bertz CT molecular complexity index is 877. The van der Waals surface area contributed by atoms with Gasteiger partial charge in [0.2, 0.25) is 0 Å². The number of alkyl halides is 3. The van der Waals surface area contributed by atoms with Crippen LogP contribution in [0.1, 0.15) is 15.9 Å². The number of para-hydroxylation sites is 1. The first kappa shape index (κ1) is 17.5. The Hall–Kier alpha value is -3.35. The molecule has 132 valence electrons. The zero-order valence-corrected chi connectivity index (χ0v) is 13.4. The maximum absolute atomic E-state index is 12.5. The highest BCUT2D eigenvalue weighted by molar-refractivity contribution is 6.04. The summed E-state index contributed by atoms with van der Waals surface area (Å²) in [5.41, 5.74) is 0.645. The molecule has 0 radical (unpaired) electrons. The summed E-state index contributed by atoms with van der Waals surface area (Å²) < 4.78 is 37.6. The zero-order chi connectivity index (χ0) is 18.6. The minimum absolute atomic E-state index is 0.129. The van der Waals surface area contributed by atoms with Crippen molar-refractivity contribution < 1.29 is 18.0 Å². The second-order valence-electron chi connectivity index (χ2n) is 5.45. The number of hydrogen-bond acceptors (Lipinski definition) is 3. The topological polar surface area (TPSA) is 54.0 Å². The maximum atomic E-state index is 12.5. The highest BCUT2D eigenvalue weighted by Gasteiger charge is 2.30. The van der Waals surface area contributed by atoms with E-state index in [-0.39, 0.29) is 5.56 Å². The van der Waals surface area contributed by atoms with E-state index in [0.29, 0.717) is 11.5 Å². The number of aromatic nitrogens is 1. The van der Waals surface area contributed by atoms with Gasteiger partial charge in [0.15, 0.2) is 0 Å². The molecule has 2 aromatic carbocycles. The molecule has 3 rings (SSSR count). The van der Waals surface area contributed by atoms with Crippen LogP contribution in [0.4, 0.5) is 30.4 Å². The molecule has 1 heterocycles. The van der Waals surface area contributed by atoms with Crippen LogP contribution >= 0.6 is 0 Å². The second kappa shape index (κ2) is 7.26. The summed E-state index contributed by atoms with van der Waals surface area (Å²) in [5, 5.41) is 5.70. The highest BCUT2D eigenvalue weighted by Crippen LogP contribution is 2.29. The Morgan fingerprint density at radius 2 is 1.54 bits per heavy atom. The standard InChI is InChI=1S/C19H14F3N3O/c20-19(21,22)14-8-6-13(7-9-14)18(26)25-16-10-11-17(23-12-16)24-15-4-2-1-3-5-15/h1-12H,(H,23,24)(H,25,26). The fraction of sp³-hybridized carbons (Fsp3) is 0.0526. The largest absolute Gasteiger partial charge is 0.416 e. The van der Waals surface area contributed by atoms with Gasteiger partial charge in [0.1, 0.15) is 5.82 Å². The second-order valence-corrected chi connectivity index (χ2v) is 5.45. The van der Waals surface area contributed by atoms with Crippen LogP contribution in [0.25, 0.3) is 0 Å². The van der Waals surface area contributed by atoms with E-state index in [2.05, 4.69) is 15.6 Å². The third-order valence-corrected chi connectivity index (χ3v) is 3.54. The molecule has 2 N–H and O–H groups in total. The normalized spacial score (nSPS) is 11.0. The highest BCUT2D eigenvalue weighted by atomic mass is 19.4. The summed E-state index contributed by atoms with van der Waals surface area (Å²) in [6, 6.07) is 16.8. The Morgan fingerprint density at radius 1 is 0.846 bits per heavy atom. The van der Waals surface area contributed by atoms with Crippen molar-refractivity contribution in [3.8, 4) is 0 Å². The monoisotopic (exact) mass is 357 g/mol. The van der Waals surface area contributed by atoms with E-state index in [0.717, 1.165) is 30.0 Å². The van der Waals surface area contributed by atoms with Gasteiger partial charge in [0.05, 0.1) is 17.4 Å². The van der Waals surface area contributed by atoms with Crippen molar-refractivity contribution in [2.75, 3.05) is 10.6 Å². The van der Waals surface area contributed by atoms with Crippen LogP contribution in [0, 0.1) is 0 Å². The summed E-state index contributed by atoms with van der Waals surface area (Å²) in [6.45, 7) is 0. The first-order valence-electron chi connectivity index (χ1n) is 7.68. The number of amides is 1. The minimum atomic E-state index is -4.43. The number of benzene rings is 2. The Morgan fingerprint density at radius 3 is 2.12 bits per heavy atom. The molecule has 0 aliphatic heterocycles. The Balaban J connectivity index is 1.64. The molecule has 0 aliphatic rings. The predicted octanol–water partition coefficient (Wildman–Crippen LogP) is 5.10. The number of hydrogen-bond donors (Lipinski definition) is 2. The summed E-state index contributed by atoms with van der Waals surface area (Å²) >= 11 is 0. The number of pyridine rings is 1. The molecule has 26 heavy (non-hydrogen) atoms. The molecule has 7 heteroatoms. The number of rotatable bonds is 4. The van der Waals surface area contributed by atoms with E-state index in [1.165, 1.54) is 6.20 Å². The van der Waals surface area contributed by atoms with Gasteiger partial charge in [-0.2, -0.15) is 13.2 Å². The molecular formula is C19H14F3N3O. The lowest BCUT2D eigenvalue weighted by Crippen LogP contribution is -2.13. The van der Waals surface area contributed by atoms with Crippen molar-refractivity contribution in [3.05, 3.63) is 84.1 Å². The van der Waals surface area contributed by atoms with E-state index in [1.54, 1.807) is 12.1 Å². The van der Waals surface area contributed by atoms with Gasteiger partial charge in [-0.05, 0) is 48.5 Å². The van der Waals surface area contributed by atoms with Gasteiger partial charge >= 0.3 is 6.18 Å². The molecule has 1 amide bonds. The Kier molecular flexibility index (Phi) is 4.88. The van der Waals surface area contributed by atoms with Crippen LogP contribution in [-0.2, 0) is 6.18 Å². The van der Waals surface area contributed by atoms with Crippen LogP contribution in [0.3, 0.4) is 0 Å². The van der Waals surface area contributed by atoms with Gasteiger partial charge in [-0.15, -0.1) is 0 Å². The molecule has 0 atom stereocenters. The van der Waals surface area contributed by atoms with Crippen molar-refractivity contribution in [1.82, 2.24) is 4.98 Å². The molecule has 1 aromatic heterocycles. The molecule has 0 unspecified atom stereocenters. The molecule has 0 fully saturated rings. The number of nitrogens with one attached hydrogen (secondary N) is 2. The quantitative estimate of drug-likeness (QED) is 0.683. The smallest absolute Gasteiger partial charge is 0.340 e. The molecule has 3 aromatic rings. The number of nitrogens with zero attached hydrogens (tertiary/aromatic N) is 1. The van der Waals surface area contributed by atoms with Gasteiger partial charge in [-0.25, -0.2) is 4.98 Å². The minimum Gasteiger partial charge on any atom is -0.340 e. The fourth-order valence-corrected chi connectivity index (χ4v) is 2.22. The zero-order valence-electron chi connectivity index (χ0n) is 13.4. The van der Waals surface area contributed by atoms with Crippen molar-refractivity contribution in [1.29, 1.82) is 0 Å². The van der Waals surface area contributed by atoms with Crippen LogP contribution in [-0.4, -0.2) is 10.9 Å². The SMILES string of the molecule is O=C(Nc1ccc(Nc2ccccc2)nc1)c1ccc(C(F)(F)F)cc1. The molecule has 0 bridgehead atoms. The van der Waals surface area contributed by atoms with Crippen molar-refractivity contribution >= 4 is 23.1 Å². The average Bonchev–Trinajstić information content (AvgIpc) is 2.63. The number of carbonyl (C=O) groups excluding carboxylic acids is 1. The summed E-state index contributed by atoms with van der Waals surface area (Å²) in [6.07, 6.45) is -2.96. The molecule has 0 aliphatic carbocycles. The maximum Gasteiger partial charge on any atom is 0.416 e. The lowest BCUT2D eigenvalue weighted by Gasteiger charge is -2.09.